The van der Waals surface area contributed by atoms with Crippen LogP contribution in [0, 0.1) is 10.1 Å². The summed E-state index contributed by atoms with van der Waals surface area (Å²) in [6, 6.07) is 8.16. The molecule has 0 bridgehead atoms. The summed E-state index contributed by atoms with van der Waals surface area (Å²) in [5, 5.41) is 13.5. The number of anilines is 1. The number of amides is 1. The maximum absolute atomic E-state index is 12.1. The van der Waals surface area contributed by atoms with E-state index in [1.807, 2.05) is 0 Å². The summed E-state index contributed by atoms with van der Waals surface area (Å²) in [5.74, 6) is -0.463. The van der Waals surface area contributed by atoms with Gasteiger partial charge >= 0.3 is 6.61 Å². The van der Waals surface area contributed by atoms with E-state index in [9.17, 15) is 23.7 Å². The third kappa shape index (κ3) is 3.43. The molecule has 0 aliphatic carbocycles. The molecule has 1 heterocycles. The lowest BCUT2D eigenvalue weighted by Crippen LogP contribution is -2.03. The van der Waals surface area contributed by atoms with Gasteiger partial charge in [-0.25, -0.2) is 0 Å². The minimum atomic E-state index is -2.93. The number of carbonyl (C=O) groups excluding carboxylic acids is 1. The maximum Gasteiger partial charge on any atom is 0.387 e. The van der Waals surface area contributed by atoms with Crippen molar-refractivity contribution in [2.75, 3.05) is 5.32 Å². The summed E-state index contributed by atoms with van der Waals surface area (Å²) in [5.41, 5.74) is 1.14. The van der Waals surface area contributed by atoms with Gasteiger partial charge < -0.3 is 10.1 Å². The standard InChI is InChI=1S/C16H9ClF2N2O4/c17-12-7-13-10(6-14(12)21(23)24)11(15(22)20-13)5-8-1-3-9(4-2-8)25-16(18)19/h1-7,16H,(H,20,22)/b11-5+. The van der Waals surface area contributed by atoms with E-state index >= 15 is 0 Å². The predicted molar refractivity (Wildman–Crippen MR) is 87.7 cm³/mol. The lowest BCUT2D eigenvalue weighted by molar-refractivity contribution is -0.384. The SMILES string of the molecule is O=C1Nc2cc(Cl)c([N+](=O)[O-])cc2/C1=C\c1ccc(OC(F)F)cc1. The lowest BCUT2D eigenvalue weighted by atomic mass is 10.0. The Balaban J connectivity index is 1.98. The average Bonchev–Trinajstić information content (AvgIpc) is 2.82. The fourth-order valence-electron chi connectivity index (χ4n) is 2.40. The van der Waals surface area contributed by atoms with Gasteiger partial charge in [0.1, 0.15) is 10.8 Å². The van der Waals surface area contributed by atoms with E-state index < -0.39 is 17.4 Å². The molecule has 1 N–H and O–H groups in total. The van der Waals surface area contributed by atoms with Gasteiger partial charge in [-0.2, -0.15) is 8.78 Å². The highest BCUT2D eigenvalue weighted by atomic mass is 35.5. The van der Waals surface area contributed by atoms with Crippen molar-refractivity contribution < 1.29 is 23.2 Å². The maximum atomic E-state index is 12.1. The summed E-state index contributed by atoms with van der Waals surface area (Å²) in [4.78, 5) is 22.5. The number of fused-ring (bicyclic) bond motifs is 1. The molecule has 2 aromatic rings. The average molecular weight is 367 g/mol. The number of nitrogens with one attached hydrogen (secondary N) is 1. The Morgan fingerprint density at radius 2 is 1.92 bits per heavy atom. The van der Waals surface area contributed by atoms with Crippen LogP contribution in [-0.4, -0.2) is 17.4 Å². The van der Waals surface area contributed by atoms with Crippen LogP contribution in [0.15, 0.2) is 36.4 Å². The highest BCUT2D eigenvalue weighted by molar-refractivity contribution is 6.37. The molecule has 0 spiro atoms. The summed E-state index contributed by atoms with van der Waals surface area (Å²) in [7, 11) is 0. The van der Waals surface area contributed by atoms with E-state index in [4.69, 9.17) is 11.6 Å². The molecule has 0 radical (unpaired) electrons. The molecule has 1 aliphatic heterocycles. The zero-order valence-electron chi connectivity index (χ0n) is 12.3. The molecule has 25 heavy (non-hydrogen) atoms. The number of halogens is 3. The zero-order valence-corrected chi connectivity index (χ0v) is 13.1. The highest BCUT2D eigenvalue weighted by Crippen LogP contribution is 2.39. The van der Waals surface area contributed by atoms with Crippen molar-refractivity contribution in [3.63, 3.8) is 0 Å². The number of nitro benzene ring substituents is 1. The van der Waals surface area contributed by atoms with E-state index in [0.717, 1.165) is 0 Å². The number of carbonyl (C=O) groups is 1. The number of benzene rings is 2. The van der Waals surface area contributed by atoms with Gasteiger partial charge in [0.05, 0.1) is 10.6 Å². The Morgan fingerprint density at radius 3 is 2.52 bits per heavy atom. The fourth-order valence-corrected chi connectivity index (χ4v) is 2.63. The molecule has 9 heteroatoms. The number of rotatable bonds is 4. The van der Waals surface area contributed by atoms with Crippen LogP contribution in [0.5, 0.6) is 5.75 Å². The number of ether oxygens (including phenoxy) is 1. The minimum Gasteiger partial charge on any atom is -0.435 e. The smallest absolute Gasteiger partial charge is 0.387 e. The molecule has 3 rings (SSSR count). The van der Waals surface area contributed by atoms with E-state index in [-0.39, 0.29) is 22.0 Å². The van der Waals surface area contributed by atoms with Crippen molar-refractivity contribution in [3.8, 4) is 5.75 Å². The van der Waals surface area contributed by atoms with Crippen molar-refractivity contribution in [2.45, 2.75) is 6.61 Å². The number of alkyl halides is 2. The Kier molecular flexibility index (Phi) is 4.37. The Morgan fingerprint density at radius 1 is 1.24 bits per heavy atom. The van der Waals surface area contributed by atoms with E-state index in [2.05, 4.69) is 10.1 Å². The van der Waals surface area contributed by atoms with Gasteiger partial charge in [0.25, 0.3) is 11.6 Å². The van der Waals surface area contributed by atoms with Gasteiger partial charge in [-0.3, -0.25) is 14.9 Å². The lowest BCUT2D eigenvalue weighted by Gasteiger charge is -2.04. The van der Waals surface area contributed by atoms with Crippen molar-refractivity contribution in [1.82, 2.24) is 0 Å². The second-order valence-corrected chi connectivity index (χ2v) is 5.47. The van der Waals surface area contributed by atoms with E-state index in [1.54, 1.807) is 0 Å². The van der Waals surface area contributed by atoms with E-state index in [1.165, 1.54) is 42.5 Å². The molecule has 1 amide bonds. The quantitative estimate of drug-likeness (QED) is 0.495. The molecular formula is C16H9ClF2N2O4. The topological polar surface area (TPSA) is 81.5 Å². The molecule has 0 saturated carbocycles. The molecular weight excluding hydrogens is 358 g/mol. The number of nitro groups is 1. The molecule has 0 unspecified atom stereocenters. The van der Waals surface area contributed by atoms with Crippen molar-refractivity contribution in [2.24, 2.45) is 0 Å². The number of hydrogen-bond donors (Lipinski definition) is 1. The van der Waals surface area contributed by atoms with Crippen LogP contribution in [0.2, 0.25) is 5.02 Å². The van der Waals surface area contributed by atoms with Crippen LogP contribution in [0.4, 0.5) is 20.2 Å². The molecule has 0 fully saturated rings. The van der Waals surface area contributed by atoms with Crippen LogP contribution < -0.4 is 10.1 Å². The van der Waals surface area contributed by atoms with Crippen LogP contribution in [0.25, 0.3) is 11.6 Å². The van der Waals surface area contributed by atoms with Crippen LogP contribution in [0.3, 0.4) is 0 Å². The molecule has 2 aromatic carbocycles. The fraction of sp³-hybridized carbons (Fsp3) is 0.0625. The molecule has 1 aliphatic rings. The van der Waals surface area contributed by atoms with Gasteiger partial charge in [-0.1, -0.05) is 23.7 Å². The predicted octanol–water partition coefficient (Wildman–Crippen LogP) is 4.34. The Labute approximate surface area is 144 Å². The second-order valence-electron chi connectivity index (χ2n) is 5.07. The third-order valence-electron chi connectivity index (χ3n) is 3.48. The Bertz CT molecular complexity index is 898. The first-order chi connectivity index (χ1) is 11.8. The highest BCUT2D eigenvalue weighted by Gasteiger charge is 2.28. The zero-order chi connectivity index (χ0) is 18.1. The first kappa shape index (κ1) is 16.8. The summed E-state index contributed by atoms with van der Waals surface area (Å²) in [6.07, 6.45) is 1.49. The minimum absolute atomic E-state index is 0.0177. The number of nitrogens with zero attached hydrogens (tertiary/aromatic N) is 1. The monoisotopic (exact) mass is 366 g/mol. The van der Waals surface area contributed by atoms with Crippen molar-refractivity contribution in [3.05, 3.63) is 62.7 Å². The van der Waals surface area contributed by atoms with Gasteiger partial charge in [0.2, 0.25) is 0 Å². The molecule has 6 nitrogen and oxygen atoms in total. The first-order valence-corrected chi connectivity index (χ1v) is 7.29. The largest absolute Gasteiger partial charge is 0.435 e. The van der Waals surface area contributed by atoms with Crippen LogP contribution in [-0.2, 0) is 4.79 Å². The van der Waals surface area contributed by atoms with Gasteiger partial charge in [-0.05, 0) is 29.8 Å². The van der Waals surface area contributed by atoms with Gasteiger partial charge in [0.15, 0.2) is 0 Å². The van der Waals surface area contributed by atoms with Crippen molar-refractivity contribution >= 4 is 40.5 Å². The van der Waals surface area contributed by atoms with E-state index in [0.29, 0.717) is 16.8 Å². The molecule has 0 atom stereocenters. The van der Waals surface area contributed by atoms with Gasteiger partial charge in [0, 0.05) is 17.2 Å². The summed E-state index contributed by atoms with van der Waals surface area (Å²) < 4.78 is 28.5. The summed E-state index contributed by atoms with van der Waals surface area (Å²) >= 11 is 5.83. The first-order valence-electron chi connectivity index (χ1n) is 6.91. The van der Waals surface area contributed by atoms with Crippen LogP contribution >= 0.6 is 11.6 Å². The summed E-state index contributed by atoms with van der Waals surface area (Å²) in [6.45, 7) is -2.93. The second kappa shape index (κ2) is 6.48. The Hall–Kier alpha value is -3.00. The third-order valence-corrected chi connectivity index (χ3v) is 3.79. The molecule has 128 valence electrons. The van der Waals surface area contributed by atoms with Crippen molar-refractivity contribution in [1.29, 1.82) is 0 Å². The number of hydrogen-bond acceptors (Lipinski definition) is 4. The normalized spacial score (nSPS) is 14.6. The molecule has 0 aromatic heterocycles. The van der Waals surface area contributed by atoms with Gasteiger partial charge in [-0.15, -0.1) is 0 Å². The van der Waals surface area contributed by atoms with Crippen LogP contribution in [0.1, 0.15) is 11.1 Å². The molecule has 0 saturated heterocycles.